The molecule has 0 saturated heterocycles. The molecule has 1 atom stereocenters. The molecular weight excluding hydrogens is 251 g/mol. The van der Waals surface area contributed by atoms with Crippen LogP contribution in [0.5, 0.6) is 0 Å². The first-order valence-electron chi connectivity index (χ1n) is 5.64. The highest BCUT2D eigenvalue weighted by molar-refractivity contribution is 5.82. The van der Waals surface area contributed by atoms with Gasteiger partial charge in [0.25, 0.3) is 0 Å². The maximum absolute atomic E-state index is 12.3. The third kappa shape index (κ3) is 5.88. The first-order valence-corrected chi connectivity index (χ1v) is 5.64. The fourth-order valence-electron chi connectivity index (χ4n) is 1.28. The van der Waals surface area contributed by atoms with E-state index in [2.05, 4.69) is 0 Å². The van der Waals surface area contributed by atoms with E-state index in [4.69, 9.17) is 5.11 Å². The average Bonchev–Trinajstić information content (AvgIpc) is 2.20. The number of nitrogens with zero attached hydrogens (tertiary/aromatic N) is 1. The van der Waals surface area contributed by atoms with Crippen LogP contribution in [0.25, 0.3) is 0 Å². The molecule has 0 heterocycles. The minimum atomic E-state index is -4.96. The van der Waals surface area contributed by atoms with Gasteiger partial charge in [-0.05, 0) is 12.3 Å². The molecule has 0 bridgehead atoms. The van der Waals surface area contributed by atoms with Crippen LogP contribution in [0, 0.1) is 11.8 Å². The average molecular weight is 269 g/mol. The number of halogens is 3. The molecule has 106 valence electrons. The van der Waals surface area contributed by atoms with Crippen molar-refractivity contribution in [2.45, 2.75) is 33.4 Å². The van der Waals surface area contributed by atoms with Gasteiger partial charge in [0.05, 0.1) is 5.92 Å². The number of carbonyl (C=O) groups excluding carboxylic acids is 1. The molecule has 0 fully saturated rings. The van der Waals surface area contributed by atoms with Crippen molar-refractivity contribution in [1.29, 1.82) is 0 Å². The lowest BCUT2D eigenvalue weighted by Gasteiger charge is -2.26. The molecule has 0 aromatic rings. The predicted molar refractivity (Wildman–Crippen MR) is 58.9 cm³/mol. The van der Waals surface area contributed by atoms with Crippen LogP contribution in [-0.2, 0) is 9.59 Å². The summed E-state index contributed by atoms with van der Waals surface area (Å²) < 4.78 is 37.0. The number of carbonyl (C=O) groups is 2. The Kier molecular flexibility index (Phi) is 6.14. The first-order chi connectivity index (χ1) is 8.05. The Morgan fingerprint density at radius 2 is 1.72 bits per heavy atom. The summed E-state index contributed by atoms with van der Waals surface area (Å²) >= 11 is 0. The van der Waals surface area contributed by atoms with Gasteiger partial charge in [0.2, 0.25) is 0 Å². The molecule has 4 nitrogen and oxygen atoms in total. The van der Waals surface area contributed by atoms with Crippen molar-refractivity contribution in [3.05, 3.63) is 0 Å². The molecule has 0 saturated carbocycles. The number of amides is 1. The van der Waals surface area contributed by atoms with Crippen molar-refractivity contribution < 1.29 is 27.9 Å². The van der Waals surface area contributed by atoms with Gasteiger partial charge in [0, 0.05) is 13.1 Å². The van der Waals surface area contributed by atoms with Gasteiger partial charge in [-0.2, -0.15) is 13.2 Å². The van der Waals surface area contributed by atoms with Gasteiger partial charge in [-0.15, -0.1) is 0 Å². The van der Waals surface area contributed by atoms with Crippen LogP contribution < -0.4 is 0 Å². The Labute approximate surface area is 104 Å². The summed E-state index contributed by atoms with van der Waals surface area (Å²) in [6, 6.07) is 0. The molecule has 18 heavy (non-hydrogen) atoms. The van der Waals surface area contributed by atoms with E-state index in [1.54, 1.807) is 0 Å². The molecule has 0 rings (SSSR count). The molecule has 1 unspecified atom stereocenters. The van der Waals surface area contributed by atoms with Crippen LogP contribution in [0.4, 0.5) is 13.2 Å². The highest BCUT2D eigenvalue weighted by atomic mass is 19.4. The van der Waals surface area contributed by atoms with E-state index in [0.29, 0.717) is 11.3 Å². The van der Waals surface area contributed by atoms with Gasteiger partial charge in [-0.3, -0.25) is 9.59 Å². The standard InChI is InChI=1S/C11H18F3NO3/c1-7(2)4-5-15(6-8(3)9(16)17)10(18)11(12,13)14/h7-8H,4-6H2,1-3H3,(H,16,17). The quantitative estimate of drug-likeness (QED) is 0.803. The van der Waals surface area contributed by atoms with Crippen LogP contribution in [0.15, 0.2) is 0 Å². The zero-order valence-electron chi connectivity index (χ0n) is 10.6. The largest absolute Gasteiger partial charge is 0.481 e. The Balaban J connectivity index is 4.72. The number of aliphatic carboxylic acids is 1. The molecule has 1 N–H and O–H groups in total. The molecule has 0 radical (unpaired) electrons. The fourth-order valence-corrected chi connectivity index (χ4v) is 1.28. The highest BCUT2D eigenvalue weighted by Crippen LogP contribution is 2.20. The number of rotatable bonds is 6. The maximum atomic E-state index is 12.3. The van der Waals surface area contributed by atoms with E-state index in [1.165, 1.54) is 6.92 Å². The van der Waals surface area contributed by atoms with Crippen molar-refractivity contribution in [3.8, 4) is 0 Å². The number of carboxylic acid groups (broad SMARTS) is 1. The molecule has 0 aliphatic rings. The second-order valence-electron chi connectivity index (χ2n) is 4.67. The number of alkyl halides is 3. The van der Waals surface area contributed by atoms with E-state index in [-0.39, 0.29) is 12.5 Å². The molecule has 0 aliphatic heterocycles. The smallest absolute Gasteiger partial charge is 0.471 e. The maximum Gasteiger partial charge on any atom is 0.471 e. The Hall–Kier alpha value is -1.27. The van der Waals surface area contributed by atoms with Crippen molar-refractivity contribution in [1.82, 2.24) is 4.90 Å². The predicted octanol–water partition coefficient (Wildman–Crippen LogP) is 2.14. The van der Waals surface area contributed by atoms with Gasteiger partial charge < -0.3 is 10.0 Å². The normalized spacial score (nSPS) is 13.5. The van der Waals surface area contributed by atoms with Crippen molar-refractivity contribution in [2.75, 3.05) is 13.1 Å². The van der Waals surface area contributed by atoms with Crippen LogP contribution in [0.2, 0.25) is 0 Å². The van der Waals surface area contributed by atoms with Crippen LogP contribution in [-0.4, -0.2) is 41.1 Å². The van der Waals surface area contributed by atoms with Crippen molar-refractivity contribution >= 4 is 11.9 Å². The molecular formula is C11H18F3NO3. The first kappa shape index (κ1) is 16.7. The van der Waals surface area contributed by atoms with Gasteiger partial charge in [0.15, 0.2) is 0 Å². The second kappa shape index (κ2) is 6.61. The Morgan fingerprint density at radius 3 is 2.06 bits per heavy atom. The number of hydrogen-bond acceptors (Lipinski definition) is 2. The van der Waals surface area contributed by atoms with E-state index in [1.807, 2.05) is 13.8 Å². The van der Waals surface area contributed by atoms with E-state index in [0.717, 1.165) is 0 Å². The minimum Gasteiger partial charge on any atom is -0.481 e. The summed E-state index contributed by atoms with van der Waals surface area (Å²) in [4.78, 5) is 22.3. The summed E-state index contributed by atoms with van der Waals surface area (Å²) in [5.74, 6) is -4.09. The summed E-state index contributed by atoms with van der Waals surface area (Å²) in [5, 5.41) is 8.67. The summed E-state index contributed by atoms with van der Waals surface area (Å²) in [6.07, 6.45) is -4.57. The molecule has 7 heteroatoms. The number of hydrogen-bond donors (Lipinski definition) is 1. The Bertz CT molecular complexity index is 302. The fraction of sp³-hybridized carbons (Fsp3) is 0.818. The molecule has 0 aromatic carbocycles. The third-order valence-electron chi connectivity index (χ3n) is 2.42. The van der Waals surface area contributed by atoms with E-state index >= 15 is 0 Å². The number of carboxylic acids is 1. The van der Waals surface area contributed by atoms with Crippen molar-refractivity contribution in [3.63, 3.8) is 0 Å². The molecule has 1 amide bonds. The minimum absolute atomic E-state index is 0.0897. The van der Waals surface area contributed by atoms with E-state index in [9.17, 15) is 22.8 Å². The SMILES string of the molecule is CC(C)CCN(CC(C)C(=O)O)C(=O)C(F)(F)F. The van der Waals surface area contributed by atoms with E-state index < -0.39 is 30.5 Å². The summed E-state index contributed by atoms with van der Waals surface area (Å²) in [5.41, 5.74) is 0. The van der Waals surface area contributed by atoms with Gasteiger partial charge in [0.1, 0.15) is 0 Å². The Morgan fingerprint density at radius 1 is 1.22 bits per heavy atom. The third-order valence-corrected chi connectivity index (χ3v) is 2.42. The lowest BCUT2D eigenvalue weighted by molar-refractivity contribution is -0.186. The summed E-state index contributed by atoms with van der Waals surface area (Å²) in [7, 11) is 0. The second-order valence-corrected chi connectivity index (χ2v) is 4.67. The lowest BCUT2D eigenvalue weighted by Crippen LogP contribution is -2.45. The molecule has 0 aromatic heterocycles. The van der Waals surface area contributed by atoms with Gasteiger partial charge in [-0.1, -0.05) is 20.8 Å². The van der Waals surface area contributed by atoms with Crippen LogP contribution in [0.1, 0.15) is 27.2 Å². The summed E-state index contributed by atoms with van der Waals surface area (Å²) in [6.45, 7) is 4.39. The topological polar surface area (TPSA) is 57.6 Å². The lowest BCUT2D eigenvalue weighted by atomic mass is 10.1. The molecule has 0 spiro atoms. The van der Waals surface area contributed by atoms with Crippen LogP contribution in [0.3, 0.4) is 0 Å². The van der Waals surface area contributed by atoms with Crippen LogP contribution >= 0.6 is 0 Å². The van der Waals surface area contributed by atoms with Gasteiger partial charge in [-0.25, -0.2) is 0 Å². The molecule has 0 aliphatic carbocycles. The zero-order chi connectivity index (χ0) is 14.5. The monoisotopic (exact) mass is 269 g/mol. The zero-order valence-corrected chi connectivity index (χ0v) is 10.6. The van der Waals surface area contributed by atoms with Gasteiger partial charge >= 0.3 is 18.1 Å². The van der Waals surface area contributed by atoms with Crippen molar-refractivity contribution in [2.24, 2.45) is 11.8 Å². The highest BCUT2D eigenvalue weighted by Gasteiger charge is 2.42.